The highest BCUT2D eigenvalue weighted by atomic mass is 32.1. The smallest absolute Gasteiger partial charge is 0.326 e. The van der Waals surface area contributed by atoms with Crippen molar-refractivity contribution in [3.8, 4) is 5.69 Å². The van der Waals surface area contributed by atoms with Crippen molar-refractivity contribution >= 4 is 17.4 Å². The van der Waals surface area contributed by atoms with Crippen LogP contribution in [0.4, 0.5) is 18.0 Å². The van der Waals surface area contributed by atoms with Gasteiger partial charge in [-0.05, 0) is 37.6 Å². The summed E-state index contributed by atoms with van der Waals surface area (Å²) in [6.45, 7) is 2.88. The topological polar surface area (TPSA) is 63.6 Å². The first-order valence-corrected chi connectivity index (χ1v) is 8.51. The average molecular weight is 370 g/mol. The van der Waals surface area contributed by atoms with Gasteiger partial charge in [-0.1, -0.05) is 0 Å². The van der Waals surface area contributed by atoms with Crippen LogP contribution in [-0.2, 0) is 6.18 Å². The fourth-order valence-corrected chi connectivity index (χ4v) is 3.47. The molecular formula is C16H17F3N4OS. The molecule has 3 rings (SSSR count). The van der Waals surface area contributed by atoms with Crippen molar-refractivity contribution in [1.29, 1.82) is 0 Å². The van der Waals surface area contributed by atoms with Crippen molar-refractivity contribution in [2.75, 3.05) is 13.1 Å². The first kappa shape index (κ1) is 17.7. The number of rotatable bonds is 1. The molecule has 1 aliphatic heterocycles. The number of urea groups is 1. The fraction of sp³-hybridized carbons (Fsp3) is 0.375. The van der Waals surface area contributed by atoms with Crippen LogP contribution in [0, 0.1) is 6.92 Å². The maximum Gasteiger partial charge on any atom is 0.416 e. The molecular weight excluding hydrogens is 353 g/mol. The van der Waals surface area contributed by atoms with E-state index in [-0.39, 0.29) is 12.1 Å². The largest absolute Gasteiger partial charge is 0.416 e. The predicted molar refractivity (Wildman–Crippen MR) is 88.5 cm³/mol. The lowest BCUT2D eigenvalue weighted by molar-refractivity contribution is -0.137. The summed E-state index contributed by atoms with van der Waals surface area (Å²) in [5.74, 6) is 0. The van der Waals surface area contributed by atoms with Gasteiger partial charge in [0.2, 0.25) is 0 Å². The third-order valence-electron chi connectivity index (χ3n) is 3.93. The van der Waals surface area contributed by atoms with Crippen molar-refractivity contribution in [2.24, 2.45) is 10.7 Å². The Morgan fingerprint density at radius 3 is 2.56 bits per heavy atom. The van der Waals surface area contributed by atoms with Crippen molar-refractivity contribution in [2.45, 2.75) is 25.6 Å². The third kappa shape index (κ3) is 3.93. The molecule has 0 spiro atoms. The zero-order valence-corrected chi connectivity index (χ0v) is 14.3. The van der Waals surface area contributed by atoms with Gasteiger partial charge in [-0.2, -0.15) is 18.2 Å². The Labute approximate surface area is 146 Å². The molecule has 134 valence electrons. The fourth-order valence-electron chi connectivity index (χ4n) is 2.64. The number of hydrogen-bond donors (Lipinski definition) is 1. The Balaban J connectivity index is 1.93. The van der Waals surface area contributed by atoms with Crippen LogP contribution in [0.5, 0.6) is 0 Å². The molecule has 1 aromatic carbocycles. The molecule has 1 fully saturated rings. The van der Waals surface area contributed by atoms with Crippen LogP contribution in [0.1, 0.15) is 16.9 Å². The van der Waals surface area contributed by atoms with Gasteiger partial charge in [-0.15, -0.1) is 11.3 Å². The molecule has 1 atom stereocenters. The molecule has 25 heavy (non-hydrogen) atoms. The van der Waals surface area contributed by atoms with Crippen LogP contribution in [0.25, 0.3) is 5.69 Å². The maximum absolute atomic E-state index is 12.7. The first-order chi connectivity index (χ1) is 11.7. The van der Waals surface area contributed by atoms with E-state index in [1.54, 1.807) is 15.7 Å². The lowest BCUT2D eigenvalue weighted by Crippen LogP contribution is -2.31. The summed E-state index contributed by atoms with van der Waals surface area (Å²) in [6.07, 6.45) is -1.90. The average Bonchev–Trinajstić information content (AvgIpc) is 3.12. The number of aryl methyl sites for hydroxylation is 1. The van der Waals surface area contributed by atoms with Crippen LogP contribution in [0.3, 0.4) is 0 Å². The summed E-state index contributed by atoms with van der Waals surface area (Å²) in [5.41, 5.74) is 5.60. The number of likely N-dealkylation sites (tertiary alicyclic amines) is 1. The minimum atomic E-state index is -4.38. The lowest BCUT2D eigenvalue weighted by atomic mass is 10.2. The van der Waals surface area contributed by atoms with Gasteiger partial charge < -0.3 is 10.6 Å². The van der Waals surface area contributed by atoms with Gasteiger partial charge >= 0.3 is 12.2 Å². The standard InChI is InChI=1S/C16H17F3N4OS/c1-10-8-23(13-4-2-11(3-5-13)16(17,18)19)15(25-10)21-14(24)22-7-6-12(20)9-22/h2-5,8,12H,6-7,9,20H2,1H3/t12-/m0/s1. The first-order valence-electron chi connectivity index (χ1n) is 7.70. The van der Waals surface area contributed by atoms with Gasteiger partial charge in [0, 0.05) is 35.9 Å². The SMILES string of the molecule is Cc1cn(-c2ccc(C(F)(F)F)cc2)c(=NC(=O)N2CC[C@H](N)C2)s1. The zero-order valence-electron chi connectivity index (χ0n) is 13.5. The van der Waals surface area contributed by atoms with Gasteiger partial charge in [-0.25, -0.2) is 4.79 Å². The van der Waals surface area contributed by atoms with Gasteiger partial charge in [0.25, 0.3) is 0 Å². The number of alkyl halides is 3. The monoisotopic (exact) mass is 370 g/mol. The molecule has 2 heterocycles. The number of hydrogen-bond acceptors (Lipinski definition) is 3. The normalized spacial score (nSPS) is 18.8. The molecule has 0 bridgehead atoms. The highest BCUT2D eigenvalue weighted by Crippen LogP contribution is 2.29. The van der Waals surface area contributed by atoms with E-state index in [4.69, 9.17) is 5.73 Å². The second kappa shape index (κ2) is 6.64. The van der Waals surface area contributed by atoms with Crippen LogP contribution in [-0.4, -0.2) is 34.6 Å². The molecule has 1 aromatic heterocycles. The number of amides is 2. The summed E-state index contributed by atoms with van der Waals surface area (Å²) < 4.78 is 39.7. The van der Waals surface area contributed by atoms with Gasteiger partial charge in [0.05, 0.1) is 5.56 Å². The van der Waals surface area contributed by atoms with E-state index >= 15 is 0 Å². The molecule has 0 saturated carbocycles. The predicted octanol–water partition coefficient (Wildman–Crippen LogP) is 2.92. The molecule has 2 aromatic rings. The zero-order chi connectivity index (χ0) is 18.2. The summed E-state index contributed by atoms with van der Waals surface area (Å²) >= 11 is 1.30. The molecule has 5 nitrogen and oxygen atoms in total. The van der Waals surface area contributed by atoms with Crippen molar-refractivity contribution in [3.05, 3.63) is 45.7 Å². The van der Waals surface area contributed by atoms with E-state index in [0.29, 0.717) is 23.6 Å². The molecule has 1 aliphatic rings. The van der Waals surface area contributed by atoms with Crippen LogP contribution < -0.4 is 10.5 Å². The Hall–Kier alpha value is -2.13. The highest BCUT2D eigenvalue weighted by Gasteiger charge is 2.30. The van der Waals surface area contributed by atoms with E-state index in [1.807, 2.05) is 6.92 Å². The summed E-state index contributed by atoms with van der Waals surface area (Å²) in [5, 5.41) is 0. The maximum atomic E-state index is 12.7. The lowest BCUT2D eigenvalue weighted by Gasteiger charge is -2.11. The van der Waals surface area contributed by atoms with E-state index in [9.17, 15) is 18.0 Å². The van der Waals surface area contributed by atoms with Gasteiger partial charge in [-0.3, -0.25) is 4.57 Å². The van der Waals surface area contributed by atoms with Crippen LogP contribution in [0.15, 0.2) is 35.5 Å². The second-order valence-electron chi connectivity index (χ2n) is 5.93. The number of nitrogens with two attached hydrogens (primary N) is 1. The number of nitrogens with zero attached hydrogens (tertiary/aromatic N) is 3. The third-order valence-corrected chi connectivity index (χ3v) is 4.83. The molecule has 9 heteroatoms. The number of aromatic nitrogens is 1. The van der Waals surface area contributed by atoms with Gasteiger partial charge in [0.1, 0.15) is 0 Å². The Bertz CT molecular complexity index is 838. The summed E-state index contributed by atoms with van der Waals surface area (Å²) in [7, 11) is 0. The number of benzene rings is 1. The van der Waals surface area contributed by atoms with Crippen molar-refractivity contribution in [1.82, 2.24) is 9.47 Å². The van der Waals surface area contributed by atoms with Gasteiger partial charge in [0.15, 0.2) is 4.80 Å². The Kier molecular flexibility index (Phi) is 4.70. The molecule has 2 amide bonds. The van der Waals surface area contributed by atoms with Crippen LogP contribution in [0.2, 0.25) is 0 Å². The van der Waals surface area contributed by atoms with E-state index in [1.165, 1.54) is 23.5 Å². The minimum Gasteiger partial charge on any atom is -0.326 e. The summed E-state index contributed by atoms with van der Waals surface area (Å²) in [6, 6.07) is 4.34. The number of carbonyl (C=O) groups is 1. The van der Waals surface area contributed by atoms with E-state index < -0.39 is 11.7 Å². The van der Waals surface area contributed by atoms with Crippen LogP contribution >= 0.6 is 11.3 Å². The van der Waals surface area contributed by atoms with E-state index in [2.05, 4.69) is 4.99 Å². The van der Waals surface area contributed by atoms with E-state index in [0.717, 1.165) is 23.4 Å². The quantitative estimate of drug-likeness (QED) is 0.839. The molecule has 2 N–H and O–H groups in total. The number of carbonyl (C=O) groups excluding carboxylic acids is 1. The molecule has 0 radical (unpaired) electrons. The number of halogens is 3. The molecule has 0 aliphatic carbocycles. The summed E-state index contributed by atoms with van der Waals surface area (Å²) in [4.78, 5) is 19.3. The highest BCUT2D eigenvalue weighted by molar-refractivity contribution is 7.09. The molecule has 0 unspecified atom stereocenters. The minimum absolute atomic E-state index is 0.0359. The Morgan fingerprint density at radius 2 is 2.00 bits per heavy atom. The van der Waals surface area contributed by atoms with Crippen molar-refractivity contribution in [3.63, 3.8) is 0 Å². The number of thiazole rings is 1. The second-order valence-corrected chi connectivity index (χ2v) is 7.14. The Morgan fingerprint density at radius 1 is 1.32 bits per heavy atom. The molecule has 1 saturated heterocycles. The van der Waals surface area contributed by atoms with Crippen molar-refractivity contribution < 1.29 is 18.0 Å².